The number of hydrogen-bond donors (Lipinski definition) is 0. The standard InChI is InChI=1S/C10H8BrIOS/c1-2-13-9-8(12)4-3-6-7(11)5-14-10(6)9/h3-5H,2H2,1H3. The first-order valence-electron chi connectivity index (χ1n) is 4.22. The first-order valence-corrected chi connectivity index (χ1v) is 6.97. The van der Waals surface area contributed by atoms with Crippen molar-refractivity contribution in [2.45, 2.75) is 6.92 Å². The zero-order chi connectivity index (χ0) is 10.1. The number of rotatable bonds is 2. The predicted octanol–water partition coefficient (Wildman–Crippen LogP) is 4.67. The van der Waals surface area contributed by atoms with Gasteiger partial charge in [-0.15, -0.1) is 11.3 Å². The van der Waals surface area contributed by atoms with Gasteiger partial charge in [0, 0.05) is 15.2 Å². The highest BCUT2D eigenvalue weighted by Crippen LogP contribution is 2.39. The molecule has 14 heavy (non-hydrogen) atoms. The molecule has 0 aliphatic heterocycles. The van der Waals surface area contributed by atoms with E-state index in [1.807, 2.05) is 6.92 Å². The second-order valence-corrected chi connectivity index (χ2v) is 5.67. The van der Waals surface area contributed by atoms with Crippen molar-refractivity contribution >= 4 is 59.9 Å². The van der Waals surface area contributed by atoms with Crippen molar-refractivity contribution in [2.24, 2.45) is 0 Å². The zero-order valence-corrected chi connectivity index (χ0v) is 12.1. The summed E-state index contributed by atoms with van der Waals surface area (Å²) in [6, 6.07) is 4.21. The molecule has 1 nitrogen and oxygen atoms in total. The third-order valence-electron chi connectivity index (χ3n) is 1.89. The maximum atomic E-state index is 5.65. The van der Waals surface area contributed by atoms with Crippen molar-refractivity contribution in [3.8, 4) is 5.75 Å². The number of hydrogen-bond acceptors (Lipinski definition) is 2. The van der Waals surface area contributed by atoms with Gasteiger partial charge in [-0.25, -0.2) is 0 Å². The molecular weight excluding hydrogens is 375 g/mol. The van der Waals surface area contributed by atoms with E-state index in [2.05, 4.69) is 56.0 Å². The molecule has 74 valence electrons. The number of thiophene rings is 1. The van der Waals surface area contributed by atoms with Crippen LogP contribution in [-0.2, 0) is 0 Å². The molecule has 0 aliphatic rings. The van der Waals surface area contributed by atoms with E-state index in [-0.39, 0.29) is 0 Å². The highest BCUT2D eigenvalue weighted by molar-refractivity contribution is 14.1. The van der Waals surface area contributed by atoms with Crippen LogP contribution in [0.4, 0.5) is 0 Å². The highest BCUT2D eigenvalue weighted by atomic mass is 127. The average molecular weight is 383 g/mol. The van der Waals surface area contributed by atoms with E-state index in [4.69, 9.17) is 4.74 Å². The Morgan fingerprint density at radius 3 is 3.00 bits per heavy atom. The first kappa shape index (κ1) is 10.7. The topological polar surface area (TPSA) is 9.23 Å². The number of halogens is 2. The summed E-state index contributed by atoms with van der Waals surface area (Å²) >= 11 is 7.55. The van der Waals surface area contributed by atoms with Crippen molar-refractivity contribution in [1.82, 2.24) is 0 Å². The summed E-state index contributed by atoms with van der Waals surface area (Å²) in [5.41, 5.74) is 0. The van der Waals surface area contributed by atoms with Gasteiger partial charge >= 0.3 is 0 Å². The molecular formula is C10H8BrIOS. The number of fused-ring (bicyclic) bond motifs is 1. The lowest BCUT2D eigenvalue weighted by Crippen LogP contribution is -1.93. The minimum absolute atomic E-state index is 0.713. The van der Waals surface area contributed by atoms with Crippen LogP contribution in [0.5, 0.6) is 5.75 Å². The summed E-state index contributed by atoms with van der Waals surface area (Å²) in [5, 5.41) is 3.34. The third kappa shape index (κ3) is 1.79. The van der Waals surface area contributed by atoms with E-state index in [1.54, 1.807) is 11.3 Å². The molecule has 0 bridgehead atoms. The Kier molecular flexibility index (Phi) is 3.34. The molecule has 0 radical (unpaired) electrons. The van der Waals surface area contributed by atoms with Crippen LogP contribution in [0.15, 0.2) is 22.0 Å². The lowest BCUT2D eigenvalue weighted by molar-refractivity contribution is 0.342. The van der Waals surface area contributed by atoms with Crippen LogP contribution in [0.3, 0.4) is 0 Å². The Labute approximate surface area is 109 Å². The third-order valence-corrected chi connectivity index (χ3v) is 4.69. The molecule has 2 rings (SSSR count). The smallest absolute Gasteiger partial charge is 0.150 e. The van der Waals surface area contributed by atoms with E-state index >= 15 is 0 Å². The van der Waals surface area contributed by atoms with Crippen LogP contribution >= 0.6 is 49.9 Å². The first-order chi connectivity index (χ1) is 6.74. The van der Waals surface area contributed by atoms with Gasteiger partial charge in [-0.3, -0.25) is 0 Å². The van der Waals surface area contributed by atoms with E-state index in [9.17, 15) is 0 Å². The van der Waals surface area contributed by atoms with Crippen molar-refractivity contribution in [3.05, 3.63) is 25.6 Å². The minimum Gasteiger partial charge on any atom is -0.491 e. The Hall–Kier alpha value is 0.190. The summed E-state index contributed by atoms with van der Waals surface area (Å²) in [7, 11) is 0. The maximum Gasteiger partial charge on any atom is 0.150 e. The Bertz CT molecular complexity index is 466. The van der Waals surface area contributed by atoms with E-state index < -0.39 is 0 Å². The molecule has 1 heterocycles. The van der Waals surface area contributed by atoms with Gasteiger partial charge in [-0.05, 0) is 51.5 Å². The normalized spacial score (nSPS) is 10.8. The van der Waals surface area contributed by atoms with Crippen molar-refractivity contribution < 1.29 is 4.74 Å². The monoisotopic (exact) mass is 382 g/mol. The predicted molar refractivity (Wildman–Crippen MR) is 73.4 cm³/mol. The van der Waals surface area contributed by atoms with Crippen molar-refractivity contribution in [3.63, 3.8) is 0 Å². The Morgan fingerprint density at radius 1 is 1.50 bits per heavy atom. The molecule has 0 N–H and O–H groups in total. The summed E-state index contributed by atoms with van der Waals surface area (Å²) in [4.78, 5) is 0. The largest absolute Gasteiger partial charge is 0.491 e. The van der Waals surface area contributed by atoms with Gasteiger partial charge in [0.1, 0.15) is 5.75 Å². The van der Waals surface area contributed by atoms with E-state index in [1.165, 1.54) is 13.7 Å². The summed E-state index contributed by atoms with van der Waals surface area (Å²) in [6.07, 6.45) is 0. The summed E-state index contributed by atoms with van der Waals surface area (Å²) in [5.74, 6) is 1.02. The molecule has 0 spiro atoms. The van der Waals surface area contributed by atoms with Crippen LogP contribution in [0.2, 0.25) is 0 Å². The second-order valence-electron chi connectivity index (χ2n) is 2.77. The molecule has 0 atom stereocenters. The van der Waals surface area contributed by atoms with Gasteiger partial charge in [-0.2, -0.15) is 0 Å². The maximum absolute atomic E-state index is 5.65. The van der Waals surface area contributed by atoms with Crippen molar-refractivity contribution in [1.29, 1.82) is 0 Å². The highest BCUT2D eigenvalue weighted by Gasteiger charge is 2.10. The zero-order valence-electron chi connectivity index (χ0n) is 7.51. The minimum atomic E-state index is 0.713. The Balaban J connectivity index is 2.70. The second kappa shape index (κ2) is 4.37. The average Bonchev–Trinajstić information content (AvgIpc) is 2.53. The van der Waals surface area contributed by atoms with Crippen LogP contribution in [-0.4, -0.2) is 6.61 Å². The van der Waals surface area contributed by atoms with Gasteiger partial charge in [0.25, 0.3) is 0 Å². The lowest BCUT2D eigenvalue weighted by atomic mass is 10.2. The molecule has 0 fully saturated rings. The molecule has 1 aromatic carbocycles. The van der Waals surface area contributed by atoms with Crippen LogP contribution in [0.25, 0.3) is 10.1 Å². The SMILES string of the molecule is CCOc1c(I)ccc2c(Br)csc12. The van der Waals surface area contributed by atoms with Crippen LogP contribution in [0.1, 0.15) is 6.92 Å². The van der Waals surface area contributed by atoms with Crippen LogP contribution < -0.4 is 4.74 Å². The van der Waals surface area contributed by atoms with Gasteiger partial charge in [0.2, 0.25) is 0 Å². The van der Waals surface area contributed by atoms with Crippen molar-refractivity contribution in [2.75, 3.05) is 6.61 Å². The molecule has 0 unspecified atom stereocenters. The van der Waals surface area contributed by atoms with E-state index in [0.717, 1.165) is 10.2 Å². The lowest BCUT2D eigenvalue weighted by Gasteiger charge is -2.06. The molecule has 4 heteroatoms. The molecule has 0 saturated heterocycles. The molecule has 0 aliphatic carbocycles. The summed E-state index contributed by atoms with van der Waals surface area (Å²) in [6.45, 7) is 2.72. The quantitative estimate of drug-likeness (QED) is 0.686. The Morgan fingerprint density at radius 2 is 2.29 bits per heavy atom. The van der Waals surface area contributed by atoms with E-state index in [0.29, 0.717) is 6.61 Å². The molecule has 0 saturated carbocycles. The van der Waals surface area contributed by atoms with Gasteiger partial charge in [0.05, 0.1) is 14.9 Å². The van der Waals surface area contributed by atoms with Gasteiger partial charge < -0.3 is 4.74 Å². The fraction of sp³-hybridized carbons (Fsp3) is 0.200. The van der Waals surface area contributed by atoms with Crippen LogP contribution in [0, 0.1) is 3.57 Å². The summed E-state index contributed by atoms with van der Waals surface area (Å²) < 4.78 is 9.19. The van der Waals surface area contributed by atoms with Gasteiger partial charge in [0.15, 0.2) is 0 Å². The molecule has 1 aromatic heterocycles. The number of ether oxygens (including phenoxy) is 1. The fourth-order valence-corrected chi connectivity index (χ4v) is 3.76. The molecule has 0 amide bonds. The fourth-order valence-electron chi connectivity index (χ4n) is 1.30. The molecule has 2 aromatic rings. The number of benzene rings is 1. The van der Waals surface area contributed by atoms with Gasteiger partial charge in [-0.1, -0.05) is 6.07 Å².